The lowest BCUT2D eigenvalue weighted by Gasteiger charge is -2.22. The second-order valence-electron chi connectivity index (χ2n) is 7.50. The summed E-state index contributed by atoms with van der Waals surface area (Å²) in [6.45, 7) is 1.80. The Morgan fingerprint density at radius 1 is 1.14 bits per heavy atom. The van der Waals surface area contributed by atoms with Gasteiger partial charge in [-0.2, -0.15) is 0 Å². The fourth-order valence-electron chi connectivity index (χ4n) is 3.79. The quantitative estimate of drug-likeness (QED) is 0.757. The van der Waals surface area contributed by atoms with E-state index in [4.69, 9.17) is 14.2 Å². The summed E-state index contributed by atoms with van der Waals surface area (Å²) in [6.07, 6.45) is 3.69. The SMILES string of the molecule is COc1cccc(CCNC(=O)CC(c2ccc3c(c2)OCCO3)C2CC2)c1. The summed E-state index contributed by atoms with van der Waals surface area (Å²) in [4.78, 5) is 12.6. The number of ether oxygens (including phenoxy) is 3. The summed E-state index contributed by atoms with van der Waals surface area (Å²) in [5, 5.41) is 3.08. The first-order valence-electron chi connectivity index (χ1n) is 10.0. The molecule has 1 aliphatic heterocycles. The average Bonchev–Trinajstić information content (AvgIpc) is 3.57. The number of methoxy groups -OCH3 is 1. The normalized spacial score (nSPS) is 16.3. The highest BCUT2D eigenvalue weighted by Crippen LogP contribution is 2.46. The third kappa shape index (κ3) is 4.58. The molecule has 0 spiro atoms. The summed E-state index contributed by atoms with van der Waals surface area (Å²) in [7, 11) is 1.66. The van der Waals surface area contributed by atoms with E-state index >= 15 is 0 Å². The number of amides is 1. The molecule has 0 saturated heterocycles. The number of nitrogens with one attached hydrogen (secondary N) is 1. The fourth-order valence-corrected chi connectivity index (χ4v) is 3.79. The first kappa shape index (κ1) is 18.7. The van der Waals surface area contributed by atoms with Crippen LogP contribution in [0.5, 0.6) is 17.2 Å². The van der Waals surface area contributed by atoms with Crippen LogP contribution in [0.4, 0.5) is 0 Å². The molecule has 2 aliphatic rings. The van der Waals surface area contributed by atoms with Gasteiger partial charge in [0.05, 0.1) is 7.11 Å². The van der Waals surface area contributed by atoms with Crippen LogP contribution < -0.4 is 19.5 Å². The Hall–Kier alpha value is -2.69. The monoisotopic (exact) mass is 381 g/mol. The summed E-state index contributed by atoms with van der Waals surface area (Å²) in [5.41, 5.74) is 2.33. The minimum Gasteiger partial charge on any atom is -0.497 e. The molecule has 4 rings (SSSR count). The lowest BCUT2D eigenvalue weighted by molar-refractivity contribution is -0.121. The van der Waals surface area contributed by atoms with Gasteiger partial charge in [-0.3, -0.25) is 4.79 Å². The van der Waals surface area contributed by atoms with Crippen molar-refractivity contribution in [3.05, 3.63) is 53.6 Å². The van der Waals surface area contributed by atoms with E-state index in [-0.39, 0.29) is 11.8 Å². The topological polar surface area (TPSA) is 56.8 Å². The van der Waals surface area contributed by atoms with E-state index in [0.29, 0.717) is 32.1 Å². The van der Waals surface area contributed by atoms with E-state index < -0.39 is 0 Å². The Kier molecular flexibility index (Phi) is 5.70. The summed E-state index contributed by atoms with van der Waals surface area (Å²) >= 11 is 0. The van der Waals surface area contributed by atoms with Crippen molar-refractivity contribution in [2.75, 3.05) is 26.9 Å². The summed E-state index contributed by atoms with van der Waals surface area (Å²) in [6, 6.07) is 14.1. The van der Waals surface area contributed by atoms with Gasteiger partial charge in [-0.05, 0) is 66.5 Å². The van der Waals surface area contributed by atoms with E-state index in [2.05, 4.69) is 23.5 Å². The van der Waals surface area contributed by atoms with Crippen LogP contribution in [-0.2, 0) is 11.2 Å². The first-order chi connectivity index (χ1) is 13.7. The van der Waals surface area contributed by atoms with Crippen LogP contribution in [0, 0.1) is 5.92 Å². The van der Waals surface area contributed by atoms with Gasteiger partial charge in [-0.25, -0.2) is 0 Å². The minimum atomic E-state index is 0.106. The maximum atomic E-state index is 12.6. The van der Waals surface area contributed by atoms with Gasteiger partial charge < -0.3 is 19.5 Å². The highest BCUT2D eigenvalue weighted by Gasteiger charge is 2.34. The Morgan fingerprint density at radius 2 is 1.96 bits per heavy atom. The van der Waals surface area contributed by atoms with Crippen LogP contribution in [-0.4, -0.2) is 32.8 Å². The summed E-state index contributed by atoms with van der Waals surface area (Å²) < 4.78 is 16.6. The fraction of sp³-hybridized carbons (Fsp3) is 0.435. The van der Waals surface area contributed by atoms with Crippen molar-refractivity contribution in [3.63, 3.8) is 0 Å². The van der Waals surface area contributed by atoms with Gasteiger partial charge in [0.15, 0.2) is 11.5 Å². The van der Waals surface area contributed by atoms with Crippen molar-refractivity contribution in [1.82, 2.24) is 5.32 Å². The molecule has 1 aliphatic carbocycles. The van der Waals surface area contributed by atoms with Gasteiger partial charge in [0.1, 0.15) is 19.0 Å². The molecule has 0 bridgehead atoms. The zero-order chi connectivity index (χ0) is 19.3. The maximum Gasteiger partial charge on any atom is 0.220 e. The zero-order valence-electron chi connectivity index (χ0n) is 16.3. The number of hydrogen-bond acceptors (Lipinski definition) is 4. The van der Waals surface area contributed by atoms with Crippen molar-refractivity contribution >= 4 is 5.91 Å². The number of hydrogen-bond donors (Lipinski definition) is 1. The molecule has 1 saturated carbocycles. The third-order valence-electron chi connectivity index (χ3n) is 5.46. The van der Waals surface area contributed by atoms with Crippen LogP contribution in [0.2, 0.25) is 0 Å². The number of carbonyl (C=O) groups is 1. The number of rotatable bonds is 8. The Morgan fingerprint density at radius 3 is 2.75 bits per heavy atom. The molecular formula is C23H27NO4. The van der Waals surface area contributed by atoms with Crippen LogP contribution in [0.15, 0.2) is 42.5 Å². The van der Waals surface area contributed by atoms with Crippen LogP contribution in [0.3, 0.4) is 0 Å². The van der Waals surface area contributed by atoms with Crippen molar-refractivity contribution in [3.8, 4) is 17.2 Å². The smallest absolute Gasteiger partial charge is 0.220 e. The van der Waals surface area contributed by atoms with Gasteiger partial charge in [0, 0.05) is 13.0 Å². The molecule has 1 atom stereocenters. The van der Waals surface area contributed by atoms with E-state index in [0.717, 1.165) is 29.2 Å². The van der Waals surface area contributed by atoms with E-state index in [9.17, 15) is 4.79 Å². The average molecular weight is 381 g/mol. The molecular weight excluding hydrogens is 354 g/mol. The predicted octanol–water partition coefficient (Wildman–Crippen LogP) is 3.71. The molecule has 5 nitrogen and oxygen atoms in total. The van der Waals surface area contributed by atoms with Crippen LogP contribution >= 0.6 is 0 Å². The van der Waals surface area contributed by atoms with Crippen molar-refractivity contribution in [2.24, 2.45) is 5.92 Å². The molecule has 0 radical (unpaired) electrons. The van der Waals surface area contributed by atoms with E-state index in [1.807, 2.05) is 24.3 Å². The van der Waals surface area contributed by atoms with Crippen LogP contribution in [0.25, 0.3) is 0 Å². The molecule has 5 heteroatoms. The first-order valence-corrected chi connectivity index (χ1v) is 10.0. The molecule has 28 heavy (non-hydrogen) atoms. The predicted molar refractivity (Wildman–Crippen MR) is 107 cm³/mol. The maximum absolute atomic E-state index is 12.6. The van der Waals surface area contributed by atoms with Crippen molar-refractivity contribution < 1.29 is 19.0 Å². The van der Waals surface area contributed by atoms with Crippen molar-refractivity contribution in [1.29, 1.82) is 0 Å². The minimum absolute atomic E-state index is 0.106. The molecule has 2 aromatic carbocycles. The summed E-state index contributed by atoms with van der Waals surface area (Å²) in [5.74, 6) is 3.38. The molecule has 1 fully saturated rings. The van der Waals surface area contributed by atoms with Gasteiger partial charge >= 0.3 is 0 Å². The lowest BCUT2D eigenvalue weighted by Crippen LogP contribution is -2.27. The lowest BCUT2D eigenvalue weighted by atomic mass is 9.90. The standard InChI is InChI=1S/C23H27NO4/c1-26-19-4-2-3-16(13-19)9-10-24-23(25)15-20(17-5-6-17)18-7-8-21-22(14-18)28-12-11-27-21/h2-4,7-8,13-14,17,20H,5-6,9-12,15H2,1H3,(H,24,25). The molecule has 1 unspecified atom stereocenters. The number of carbonyl (C=O) groups excluding carboxylic acids is 1. The molecule has 1 N–H and O–H groups in total. The van der Waals surface area contributed by atoms with Crippen LogP contribution in [0.1, 0.15) is 36.3 Å². The highest BCUT2D eigenvalue weighted by molar-refractivity contribution is 5.77. The highest BCUT2D eigenvalue weighted by atomic mass is 16.6. The van der Waals surface area contributed by atoms with E-state index in [1.54, 1.807) is 7.11 Å². The van der Waals surface area contributed by atoms with Gasteiger partial charge in [-0.15, -0.1) is 0 Å². The molecule has 1 amide bonds. The second kappa shape index (κ2) is 8.55. The Labute approximate surface area is 166 Å². The Bertz CT molecular complexity index is 831. The van der Waals surface area contributed by atoms with Crippen molar-refractivity contribution in [2.45, 2.75) is 31.6 Å². The molecule has 2 aromatic rings. The number of benzene rings is 2. The molecule has 1 heterocycles. The molecule has 148 valence electrons. The third-order valence-corrected chi connectivity index (χ3v) is 5.46. The zero-order valence-corrected chi connectivity index (χ0v) is 16.3. The number of fused-ring (bicyclic) bond motifs is 1. The largest absolute Gasteiger partial charge is 0.497 e. The Balaban J connectivity index is 1.34. The molecule has 0 aromatic heterocycles. The van der Waals surface area contributed by atoms with Gasteiger partial charge in [0.25, 0.3) is 0 Å². The van der Waals surface area contributed by atoms with Gasteiger partial charge in [0.2, 0.25) is 5.91 Å². The van der Waals surface area contributed by atoms with E-state index in [1.165, 1.54) is 18.4 Å². The second-order valence-corrected chi connectivity index (χ2v) is 7.50. The van der Waals surface area contributed by atoms with Gasteiger partial charge in [-0.1, -0.05) is 18.2 Å².